The first-order chi connectivity index (χ1) is 9.22. The van der Waals surface area contributed by atoms with Crippen molar-refractivity contribution in [2.75, 3.05) is 13.7 Å². The van der Waals surface area contributed by atoms with Crippen LogP contribution in [0.4, 0.5) is 0 Å². The van der Waals surface area contributed by atoms with Gasteiger partial charge in [0.2, 0.25) is 0 Å². The van der Waals surface area contributed by atoms with Crippen LogP contribution in [0, 0.1) is 0 Å². The second-order valence-corrected chi connectivity index (χ2v) is 4.43. The number of Topliss-reactive ketones (excluding diaryl/α,β-unsaturated/α-hetero) is 1. The van der Waals surface area contributed by atoms with Crippen molar-refractivity contribution in [2.24, 2.45) is 0 Å². The molecule has 0 saturated heterocycles. The van der Waals surface area contributed by atoms with Crippen LogP contribution in [0.5, 0.6) is 0 Å². The number of ketones is 1. The summed E-state index contributed by atoms with van der Waals surface area (Å²) in [6.07, 6.45) is 5.07. The van der Waals surface area contributed by atoms with Crippen LogP contribution in [0.1, 0.15) is 16.1 Å². The molecule has 0 aliphatic rings. The quantitative estimate of drug-likeness (QED) is 0.759. The van der Waals surface area contributed by atoms with E-state index in [9.17, 15) is 4.79 Å². The molecule has 6 heteroatoms. The third-order valence-electron chi connectivity index (χ3n) is 2.65. The Bertz CT molecular complexity index is 554. The molecule has 19 heavy (non-hydrogen) atoms. The van der Waals surface area contributed by atoms with Gasteiger partial charge in [-0.15, -0.1) is 0 Å². The third-order valence-corrected chi connectivity index (χ3v) is 2.93. The number of rotatable bonds is 6. The van der Waals surface area contributed by atoms with Gasteiger partial charge in [0, 0.05) is 25.9 Å². The van der Waals surface area contributed by atoms with E-state index in [1.807, 2.05) is 6.07 Å². The van der Waals surface area contributed by atoms with Gasteiger partial charge in [0.25, 0.3) is 0 Å². The molecule has 0 N–H and O–H groups in total. The highest BCUT2D eigenvalue weighted by molar-refractivity contribution is 6.33. The van der Waals surface area contributed by atoms with Crippen LogP contribution in [0.25, 0.3) is 0 Å². The van der Waals surface area contributed by atoms with E-state index in [0.29, 0.717) is 23.9 Å². The molecule has 0 unspecified atom stereocenters. The van der Waals surface area contributed by atoms with Crippen molar-refractivity contribution in [3.05, 3.63) is 47.0 Å². The summed E-state index contributed by atoms with van der Waals surface area (Å²) in [6.45, 7) is 0.975. The highest BCUT2D eigenvalue weighted by Gasteiger charge is 2.17. The Hall–Kier alpha value is -1.72. The minimum absolute atomic E-state index is 0.0772. The Kier molecular flexibility index (Phi) is 4.65. The number of hydrogen-bond acceptors (Lipinski definition) is 4. The Labute approximate surface area is 116 Å². The summed E-state index contributed by atoms with van der Waals surface area (Å²) in [6, 6.07) is 3.65. The predicted molar refractivity (Wildman–Crippen MR) is 71.4 cm³/mol. The minimum atomic E-state index is -0.0772. The van der Waals surface area contributed by atoms with Gasteiger partial charge in [-0.2, -0.15) is 5.10 Å². The molecule has 2 aromatic heterocycles. The average Bonchev–Trinajstić information content (AvgIpc) is 2.78. The molecule has 2 heterocycles. The van der Waals surface area contributed by atoms with Crippen molar-refractivity contribution >= 4 is 17.4 Å². The third kappa shape index (κ3) is 3.39. The van der Waals surface area contributed by atoms with E-state index in [2.05, 4.69) is 10.1 Å². The molecular formula is C13H14ClN3O2. The highest BCUT2D eigenvalue weighted by Crippen LogP contribution is 2.17. The maximum absolute atomic E-state index is 12.3. The normalized spacial score (nSPS) is 10.6. The number of aromatic nitrogens is 3. The molecule has 0 fully saturated rings. The second kappa shape index (κ2) is 6.45. The van der Waals surface area contributed by atoms with E-state index in [1.165, 1.54) is 6.20 Å². The molecule has 2 aromatic rings. The lowest BCUT2D eigenvalue weighted by Crippen LogP contribution is -2.15. The summed E-state index contributed by atoms with van der Waals surface area (Å²) in [5, 5.41) is 4.45. The monoisotopic (exact) mass is 279 g/mol. The highest BCUT2D eigenvalue weighted by atomic mass is 35.5. The molecular weight excluding hydrogens is 266 g/mol. The van der Waals surface area contributed by atoms with Gasteiger partial charge in [-0.1, -0.05) is 17.7 Å². The fourth-order valence-electron chi connectivity index (χ4n) is 1.76. The lowest BCUT2D eigenvalue weighted by molar-refractivity contribution is 0.0979. The lowest BCUT2D eigenvalue weighted by Gasteiger charge is -2.06. The second-order valence-electron chi connectivity index (χ2n) is 4.02. The van der Waals surface area contributed by atoms with Gasteiger partial charge >= 0.3 is 0 Å². The van der Waals surface area contributed by atoms with Crippen molar-refractivity contribution in [1.29, 1.82) is 0 Å². The summed E-state index contributed by atoms with van der Waals surface area (Å²) < 4.78 is 6.56. The minimum Gasteiger partial charge on any atom is -0.383 e. The average molecular weight is 280 g/mol. The van der Waals surface area contributed by atoms with Crippen molar-refractivity contribution < 1.29 is 9.53 Å². The molecule has 0 spiro atoms. The fraction of sp³-hybridized carbons (Fsp3) is 0.308. The first kappa shape index (κ1) is 13.7. The first-order valence-electron chi connectivity index (χ1n) is 5.84. The summed E-state index contributed by atoms with van der Waals surface area (Å²) in [5.74, 6) is -0.0772. The molecule has 0 aromatic carbocycles. The Balaban J connectivity index is 2.16. The van der Waals surface area contributed by atoms with Crippen LogP contribution in [0.2, 0.25) is 5.02 Å². The Morgan fingerprint density at radius 3 is 3.00 bits per heavy atom. The number of pyridine rings is 1. The summed E-state index contributed by atoms with van der Waals surface area (Å²) in [7, 11) is 1.60. The molecule has 5 nitrogen and oxygen atoms in total. The van der Waals surface area contributed by atoms with Crippen molar-refractivity contribution in [1.82, 2.24) is 14.8 Å². The lowest BCUT2D eigenvalue weighted by atomic mass is 10.1. The van der Waals surface area contributed by atoms with Crippen molar-refractivity contribution in [3.8, 4) is 0 Å². The number of methoxy groups -OCH3 is 1. The maximum atomic E-state index is 12.3. The summed E-state index contributed by atoms with van der Waals surface area (Å²) in [5.41, 5.74) is 1.27. The fourth-order valence-corrected chi connectivity index (χ4v) is 2.01. The van der Waals surface area contributed by atoms with Crippen LogP contribution < -0.4 is 0 Å². The molecule has 0 aliphatic heterocycles. The largest absolute Gasteiger partial charge is 0.383 e. The predicted octanol–water partition coefficient (Wildman–Crippen LogP) is 2.00. The van der Waals surface area contributed by atoms with Gasteiger partial charge in [0.15, 0.2) is 5.78 Å². The summed E-state index contributed by atoms with van der Waals surface area (Å²) >= 11 is 6.02. The van der Waals surface area contributed by atoms with Gasteiger partial charge < -0.3 is 4.74 Å². The number of halogens is 1. The molecule has 0 amide bonds. The standard InChI is InChI=1S/C13H14ClN3O2/c1-19-6-5-17-13(11(14)9-16-17)12(18)7-10-3-2-4-15-8-10/h2-4,8-9H,5-7H2,1H3. The van der Waals surface area contributed by atoms with Crippen LogP contribution in [-0.4, -0.2) is 34.3 Å². The molecule has 0 atom stereocenters. The van der Waals surface area contributed by atoms with Crippen LogP contribution in [0.3, 0.4) is 0 Å². The topological polar surface area (TPSA) is 57.0 Å². The molecule has 0 saturated carbocycles. The smallest absolute Gasteiger partial charge is 0.186 e. The van der Waals surface area contributed by atoms with E-state index < -0.39 is 0 Å². The van der Waals surface area contributed by atoms with Crippen molar-refractivity contribution in [2.45, 2.75) is 13.0 Å². The molecule has 0 aliphatic carbocycles. The zero-order valence-electron chi connectivity index (χ0n) is 10.5. The zero-order valence-corrected chi connectivity index (χ0v) is 11.3. The molecule has 2 rings (SSSR count). The van der Waals surface area contributed by atoms with Gasteiger partial charge in [-0.05, 0) is 11.6 Å². The Morgan fingerprint density at radius 2 is 2.32 bits per heavy atom. The van der Waals surface area contributed by atoms with Gasteiger partial charge in [0.05, 0.1) is 24.4 Å². The number of hydrogen-bond donors (Lipinski definition) is 0. The Morgan fingerprint density at radius 1 is 1.47 bits per heavy atom. The van der Waals surface area contributed by atoms with E-state index in [4.69, 9.17) is 16.3 Å². The van der Waals surface area contributed by atoms with Gasteiger partial charge in [-0.25, -0.2) is 0 Å². The maximum Gasteiger partial charge on any atom is 0.186 e. The number of carbonyl (C=O) groups excluding carboxylic acids is 1. The van der Waals surface area contributed by atoms with Crippen LogP contribution in [0.15, 0.2) is 30.7 Å². The number of ether oxygens (including phenoxy) is 1. The molecule has 0 radical (unpaired) electrons. The SMILES string of the molecule is COCCn1ncc(Cl)c1C(=O)Cc1cccnc1. The first-order valence-corrected chi connectivity index (χ1v) is 6.22. The van der Waals surface area contributed by atoms with E-state index in [1.54, 1.807) is 30.3 Å². The van der Waals surface area contributed by atoms with E-state index >= 15 is 0 Å². The van der Waals surface area contributed by atoms with E-state index in [-0.39, 0.29) is 12.2 Å². The van der Waals surface area contributed by atoms with Gasteiger partial charge in [-0.3, -0.25) is 14.5 Å². The number of carbonyl (C=O) groups is 1. The van der Waals surface area contributed by atoms with Crippen molar-refractivity contribution in [3.63, 3.8) is 0 Å². The molecule has 0 bridgehead atoms. The van der Waals surface area contributed by atoms with Crippen LogP contribution >= 0.6 is 11.6 Å². The van der Waals surface area contributed by atoms with Crippen LogP contribution in [-0.2, 0) is 17.7 Å². The van der Waals surface area contributed by atoms with Gasteiger partial charge in [0.1, 0.15) is 5.69 Å². The van der Waals surface area contributed by atoms with E-state index in [0.717, 1.165) is 5.56 Å². The number of nitrogens with zero attached hydrogens (tertiary/aromatic N) is 3. The zero-order chi connectivity index (χ0) is 13.7. The molecule has 100 valence electrons. The summed E-state index contributed by atoms with van der Waals surface area (Å²) in [4.78, 5) is 16.3.